The van der Waals surface area contributed by atoms with E-state index in [2.05, 4.69) is 32.2 Å². The second kappa shape index (κ2) is 8.55. The molecule has 0 saturated heterocycles. The molecule has 0 spiro atoms. The first-order valence-corrected chi connectivity index (χ1v) is 7.53. The zero-order valence-electron chi connectivity index (χ0n) is 11.9. The van der Waals surface area contributed by atoms with Gasteiger partial charge < -0.3 is 5.32 Å². The molecule has 0 aromatic heterocycles. The van der Waals surface area contributed by atoms with Crippen molar-refractivity contribution in [2.24, 2.45) is 0 Å². The number of nitrogens with one attached hydrogen (secondary N) is 1. The summed E-state index contributed by atoms with van der Waals surface area (Å²) >= 11 is 6.21. The lowest BCUT2D eigenvalue weighted by atomic mass is 10.0. The van der Waals surface area contributed by atoms with Crippen LogP contribution in [0.4, 0.5) is 0 Å². The van der Waals surface area contributed by atoms with Gasteiger partial charge in [0.1, 0.15) is 0 Å². The number of benzene rings is 1. The van der Waals surface area contributed by atoms with Crippen molar-refractivity contribution in [2.45, 2.75) is 65.0 Å². The molecule has 18 heavy (non-hydrogen) atoms. The maximum Gasteiger partial charge on any atom is 0.0453 e. The lowest BCUT2D eigenvalue weighted by Crippen LogP contribution is -2.29. The second-order valence-electron chi connectivity index (χ2n) is 5.16. The Labute approximate surface area is 117 Å². The highest BCUT2D eigenvalue weighted by Crippen LogP contribution is 2.23. The molecule has 0 aliphatic heterocycles. The van der Waals surface area contributed by atoms with Crippen LogP contribution in [0.5, 0.6) is 0 Å². The number of halogens is 1. The van der Waals surface area contributed by atoms with Gasteiger partial charge in [-0.1, -0.05) is 62.4 Å². The summed E-state index contributed by atoms with van der Waals surface area (Å²) < 4.78 is 0. The molecule has 0 fully saturated rings. The maximum atomic E-state index is 6.21. The molecule has 0 radical (unpaired) electrons. The quantitative estimate of drug-likeness (QED) is 0.626. The topological polar surface area (TPSA) is 12.0 Å². The van der Waals surface area contributed by atoms with Crippen molar-refractivity contribution in [1.29, 1.82) is 0 Å². The fraction of sp³-hybridized carbons (Fsp3) is 0.625. The van der Waals surface area contributed by atoms with E-state index >= 15 is 0 Å². The minimum Gasteiger partial charge on any atom is -0.308 e. The third kappa shape index (κ3) is 5.41. The average Bonchev–Trinajstić information content (AvgIpc) is 2.35. The van der Waals surface area contributed by atoms with E-state index < -0.39 is 0 Å². The minimum absolute atomic E-state index is 0.319. The Bertz CT molecular complexity index is 338. The third-order valence-electron chi connectivity index (χ3n) is 3.40. The molecule has 1 unspecified atom stereocenters. The van der Waals surface area contributed by atoms with Crippen LogP contribution < -0.4 is 5.32 Å². The summed E-state index contributed by atoms with van der Waals surface area (Å²) in [5.74, 6) is 0. The van der Waals surface area contributed by atoms with Gasteiger partial charge in [-0.3, -0.25) is 0 Å². The first kappa shape index (κ1) is 15.5. The summed E-state index contributed by atoms with van der Waals surface area (Å²) in [4.78, 5) is 0. The Balaban J connectivity index is 2.35. The van der Waals surface area contributed by atoms with E-state index in [4.69, 9.17) is 11.6 Å². The highest BCUT2D eigenvalue weighted by Gasteiger charge is 2.11. The predicted molar refractivity (Wildman–Crippen MR) is 81.2 cm³/mol. The van der Waals surface area contributed by atoms with E-state index in [9.17, 15) is 0 Å². The Kier molecular flexibility index (Phi) is 7.38. The van der Waals surface area contributed by atoms with Crippen LogP contribution in [0.2, 0.25) is 5.02 Å². The van der Waals surface area contributed by atoms with Crippen molar-refractivity contribution >= 4 is 11.6 Å². The van der Waals surface area contributed by atoms with Crippen LogP contribution >= 0.6 is 11.6 Å². The van der Waals surface area contributed by atoms with Gasteiger partial charge in [0.25, 0.3) is 0 Å². The molecule has 1 rings (SSSR count). The van der Waals surface area contributed by atoms with Crippen molar-refractivity contribution in [3.05, 3.63) is 34.9 Å². The van der Waals surface area contributed by atoms with Gasteiger partial charge >= 0.3 is 0 Å². The lowest BCUT2D eigenvalue weighted by molar-refractivity contribution is 0.438. The van der Waals surface area contributed by atoms with Crippen molar-refractivity contribution in [2.75, 3.05) is 0 Å². The molecule has 2 heteroatoms. The largest absolute Gasteiger partial charge is 0.308 e. The van der Waals surface area contributed by atoms with E-state index in [0.29, 0.717) is 12.1 Å². The van der Waals surface area contributed by atoms with E-state index in [1.54, 1.807) is 0 Å². The van der Waals surface area contributed by atoms with Crippen LogP contribution in [0.3, 0.4) is 0 Å². The summed E-state index contributed by atoms with van der Waals surface area (Å²) in [7, 11) is 0. The van der Waals surface area contributed by atoms with E-state index in [1.807, 2.05) is 18.2 Å². The molecule has 0 saturated carbocycles. The van der Waals surface area contributed by atoms with Crippen LogP contribution in [0.15, 0.2) is 24.3 Å². The fourth-order valence-electron chi connectivity index (χ4n) is 2.30. The van der Waals surface area contributed by atoms with Gasteiger partial charge in [0.05, 0.1) is 0 Å². The van der Waals surface area contributed by atoms with Gasteiger partial charge in [0.15, 0.2) is 0 Å². The molecule has 1 aromatic carbocycles. The molecule has 0 amide bonds. The van der Waals surface area contributed by atoms with Crippen molar-refractivity contribution in [3.8, 4) is 0 Å². The zero-order chi connectivity index (χ0) is 13.4. The maximum absolute atomic E-state index is 6.21. The second-order valence-corrected chi connectivity index (χ2v) is 5.57. The molecule has 1 aromatic rings. The summed E-state index contributed by atoms with van der Waals surface area (Å²) in [5.41, 5.74) is 1.19. The van der Waals surface area contributed by atoms with Crippen LogP contribution in [-0.2, 0) is 0 Å². The average molecular weight is 268 g/mol. The van der Waals surface area contributed by atoms with Crippen LogP contribution in [0.25, 0.3) is 0 Å². The molecule has 0 aliphatic carbocycles. The third-order valence-corrected chi connectivity index (χ3v) is 3.74. The number of hydrogen-bond donors (Lipinski definition) is 1. The molecular weight excluding hydrogens is 242 g/mol. The molecule has 102 valence electrons. The monoisotopic (exact) mass is 267 g/mol. The smallest absolute Gasteiger partial charge is 0.0453 e. The van der Waals surface area contributed by atoms with E-state index in [1.165, 1.54) is 37.7 Å². The molecule has 1 N–H and O–H groups in total. The van der Waals surface area contributed by atoms with E-state index in [-0.39, 0.29) is 0 Å². The summed E-state index contributed by atoms with van der Waals surface area (Å²) in [5, 5.41) is 4.49. The molecule has 0 heterocycles. The Morgan fingerprint density at radius 3 is 2.50 bits per heavy atom. The fourth-order valence-corrected chi connectivity index (χ4v) is 2.60. The predicted octanol–water partition coefficient (Wildman–Crippen LogP) is 5.35. The first-order valence-electron chi connectivity index (χ1n) is 7.15. The van der Waals surface area contributed by atoms with Crippen molar-refractivity contribution < 1.29 is 0 Å². The van der Waals surface area contributed by atoms with Gasteiger partial charge in [-0.2, -0.15) is 0 Å². The summed E-state index contributed by atoms with van der Waals surface area (Å²) in [6.45, 7) is 6.70. The van der Waals surface area contributed by atoms with E-state index in [0.717, 1.165) is 5.02 Å². The van der Waals surface area contributed by atoms with Gasteiger partial charge in [-0.25, -0.2) is 0 Å². The number of hydrogen-bond acceptors (Lipinski definition) is 1. The van der Waals surface area contributed by atoms with Crippen molar-refractivity contribution in [3.63, 3.8) is 0 Å². The Hall–Kier alpha value is -0.530. The Morgan fingerprint density at radius 1 is 1.11 bits per heavy atom. The van der Waals surface area contributed by atoms with Crippen molar-refractivity contribution in [1.82, 2.24) is 5.32 Å². The van der Waals surface area contributed by atoms with Gasteiger partial charge in [-0.15, -0.1) is 0 Å². The standard InChI is InChI=1S/C16H26ClN/c1-4-5-6-7-10-13(2)18-14(3)15-11-8-9-12-16(15)17/h8-9,11-14,18H,4-7,10H2,1-3H3/t13?,14-/m0/s1. The zero-order valence-corrected chi connectivity index (χ0v) is 12.6. The first-order chi connectivity index (χ1) is 8.65. The molecule has 0 bridgehead atoms. The molecular formula is C16H26ClN. The van der Waals surface area contributed by atoms with Crippen LogP contribution in [-0.4, -0.2) is 6.04 Å². The van der Waals surface area contributed by atoms with Gasteiger partial charge in [0, 0.05) is 17.1 Å². The molecule has 1 nitrogen and oxygen atoms in total. The number of rotatable bonds is 8. The highest BCUT2D eigenvalue weighted by molar-refractivity contribution is 6.31. The van der Waals surface area contributed by atoms with Gasteiger partial charge in [-0.05, 0) is 31.9 Å². The van der Waals surface area contributed by atoms with Gasteiger partial charge in [0.2, 0.25) is 0 Å². The summed E-state index contributed by atoms with van der Waals surface area (Å²) in [6, 6.07) is 8.95. The normalized spacial score (nSPS) is 14.4. The highest BCUT2D eigenvalue weighted by atomic mass is 35.5. The summed E-state index contributed by atoms with van der Waals surface area (Å²) in [6.07, 6.45) is 6.57. The molecule has 2 atom stereocenters. The SMILES string of the molecule is CCCCCCC(C)N[C@@H](C)c1ccccc1Cl. The lowest BCUT2D eigenvalue weighted by Gasteiger charge is -2.21. The molecule has 0 aliphatic rings. The number of unbranched alkanes of at least 4 members (excludes halogenated alkanes) is 3. The Morgan fingerprint density at radius 2 is 1.83 bits per heavy atom. The minimum atomic E-state index is 0.319. The van der Waals surface area contributed by atoms with Crippen LogP contribution in [0, 0.1) is 0 Å². The van der Waals surface area contributed by atoms with Crippen LogP contribution in [0.1, 0.15) is 64.5 Å².